The standard InChI is InChI=1S/C55H75N5O5.Mg/c1-13-39-35(8)42-28-44-37(10)41(24-25-48(61)65-27-26-34(7)23-17-22-33(6)21-16-20-32(5)19-15-18-31(3)4)52(59-44)50-51(55(63)64-12)54(62)49-38(11)47(60(56)53(49)50)30-46-40(14-2)36(9)43(58-46)29-45(39)57-42;/h13,26,28-33,37,41,51,56,60H,1,14-25,27H2,2-12H3,(H,59,62);/q-2;+2/p-1/b34-26+,43-29-,44-28+,46-30-;/t32-,33-,37+,41+,51-;/m1./s1. The van der Waals surface area contributed by atoms with Crippen molar-refractivity contribution in [1.29, 1.82) is 0 Å². The number of carbonyl (C=O) groups excluding carboxylic acids is 3. The Hall–Kier alpha value is -4.16. The van der Waals surface area contributed by atoms with E-state index in [0.29, 0.717) is 51.8 Å². The molecule has 352 valence electrons. The first-order valence-electron chi connectivity index (χ1n) is 24.3. The van der Waals surface area contributed by atoms with Crippen molar-refractivity contribution >= 4 is 65.1 Å². The Morgan fingerprint density at radius 1 is 0.909 bits per heavy atom. The number of nitrogens with zero attached hydrogens (tertiary/aromatic N) is 3. The molecule has 0 spiro atoms. The van der Waals surface area contributed by atoms with E-state index < -0.39 is 17.7 Å². The van der Waals surface area contributed by atoms with Gasteiger partial charge in [0.15, 0.2) is 5.78 Å². The molecule has 0 aromatic carbocycles. The number of hydrogen-bond acceptors (Lipinski definition) is 5. The van der Waals surface area contributed by atoms with Crippen LogP contribution in [0, 0.1) is 49.4 Å². The molecule has 2 N–H and O–H groups in total. The molecule has 0 saturated carbocycles. The Bertz CT molecular complexity index is 2460. The Labute approximate surface area is 410 Å². The number of fused-ring (bicyclic) bond motifs is 7. The molecule has 4 aliphatic rings. The number of Topliss-reactive ketones (excluding diaryl/α,β-unsaturated/α-hetero) is 1. The van der Waals surface area contributed by atoms with Gasteiger partial charge in [0, 0.05) is 17.6 Å². The molecule has 66 heavy (non-hydrogen) atoms. The zero-order valence-electron chi connectivity index (χ0n) is 41.8. The van der Waals surface area contributed by atoms with Crippen molar-refractivity contribution in [2.24, 2.45) is 35.5 Å². The van der Waals surface area contributed by atoms with Crippen molar-refractivity contribution < 1.29 is 28.9 Å². The summed E-state index contributed by atoms with van der Waals surface area (Å²) in [5.74, 6) is 8.66. The maximum atomic E-state index is 14.5. The van der Waals surface area contributed by atoms with Gasteiger partial charge < -0.3 is 35.6 Å². The third kappa shape index (κ3) is 11.4. The number of quaternary nitrogens is 1. The molecule has 2 aromatic heterocycles. The van der Waals surface area contributed by atoms with Crippen LogP contribution in [0.1, 0.15) is 160 Å². The number of methoxy groups -OCH3 is 1. The first-order valence-corrected chi connectivity index (χ1v) is 24.3. The summed E-state index contributed by atoms with van der Waals surface area (Å²) < 4.78 is 11.1. The van der Waals surface area contributed by atoms with Crippen LogP contribution in [0.5, 0.6) is 0 Å². The van der Waals surface area contributed by atoms with Gasteiger partial charge in [-0.05, 0) is 101 Å². The minimum atomic E-state index is -1.28. The molecule has 0 amide bonds. The van der Waals surface area contributed by atoms with E-state index in [9.17, 15) is 20.2 Å². The number of nitrogens with one attached hydrogen (secondary N) is 2. The topological polar surface area (TPSA) is 140 Å². The number of ketones is 1. The number of rotatable bonds is 20. The summed E-state index contributed by atoms with van der Waals surface area (Å²) in [6.07, 6.45) is 22.1. The van der Waals surface area contributed by atoms with Crippen molar-refractivity contribution in [2.45, 2.75) is 146 Å². The van der Waals surface area contributed by atoms with Crippen LogP contribution in [-0.2, 0) is 30.3 Å². The van der Waals surface area contributed by atoms with Crippen LogP contribution in [0.3, 0.4) is 0 Å². The van der Waals surface area contributed by atoms with Crippen LogP contribution in [-0.4, -0.2) is 54.5 Å². The summed E-state index contributed by atoms with van der Waals surface area (Å²) >= 11 is 0. The third-order valence-corrected chi connectivity index (χ3v) is 14.6. The van der Waals surface area contributed by atoms with Crippen molar-refractivity contribution in [3.05, 3.63) is 113 Å². The van der Waals surface area contributed by atoms with Gasteiger partial charge in [-0.25, -0.2) is 0 Å². The monoisotopic (exact) mass is 909 g/mol. The fourth-order valence-corrected chi connectivity index (χ4v) is 10.4. The van der Waals surface area contributed by atoms with Crippen LogP contribution in [0.4, 0.5) is 0 Å². The minimum absolute atomic E-state index is 0. The Balaban J connectivity index is 0.00000817. The van der Waals surface area contributed by atoms with Crippen molar-refractivity contribution in [3.63, 3.8) is 0 Å². The number of hydrogen-bond donors (Lipinski definition) is 1. The van der Waals surface area contributed by atoms with E-state index >= 15 is 0 Å². The molecule has 5 heterocycles. The predicted molar refractivity (Wildman–Crippen MR) is 267 cm³/mol. The van der Waals surface area contributed by atoms with E-state index in [2.05, 4.69) is 62.0 Å². The summed E-state index contributed by atoms with van der Waals surface area (Å²) in [7, 11) is 1.28. The summed E-state index contributed by atoms with van der Waals surface area (Å²) in [5, 5.41) is 6.90. The smallest absolute Gasteiger partial charge is 0.664 e. The third-order valence-electron chi connectivity index (χ3n) is 14.6. The van der Waals surface area contributed by atoms with Crippen LogP contribution < -0.4 is 25.7 Å². The van der Waals surface area contributed by atoms with Crippen molar-refractivity contribution in [1.82, 2.24) is 9.97 Å². The summed E-state index contributed by atoms with van der Waals surface area (Å²) in [4.78, 5) is 51.7. The van der Waals surface area contributed by atoms with Gasteiger partial charge in [-0.3, -0.25) is 14.4 Å². The number of carbonyl (C=O) groups is 3. The fraction of sp³-hybridized carbons (Fsp3) is 0.545. The second kappa shape index (κ2) is 23.2. The van der Waals surface area contributed by atoms with E-state index in [1.54, 1.807) is 0 Å². The number of esters is 2. The maximum Gasteiger partial charge on any atom is 2.00 e. The predicted octanol–water partition coefficient (Wildman–Crippen LogP) is 9.37. The average molecular weight is 910 g/mol. The summed E-state index contributed by atoms with van der Waals surface area (Å²) in [6.45, 7) is 25.9. The second-order valence-electron chi connectivity index (χ2n) is 19.7. The Morgan fingerprint density at radius 2 is 1.58 bits per heavy atom. The molecule has 11 heteroatoms. The maximum absolute atomic E-state index is 14.5. The van der Waals surface area contributed by atoms with E-state index in [1.807, 2.05) is 44.2 Å². The molecule has 1 fully saturated rings. The fourth-order valence-electron chi connectivity index (χ4n) is 10.4. The summed E-state index contributed by atoms with van der Waals surface area (Å²) in [6, 6.07) is 0. The molecule has 2 aromatic rings. The molecule has 1 unspecified atom stereocenters. The van der Waals surface area contributed by atoms with Gasteiger partial charge in [-0.1, -0.05) is 134 Å². The average Bonchev–Trinajstić information content (AvgIpc) is 3.99. The molecule has 1 aliphatic carbocycles. The number of allylic oxidation sites excluding steroid dienone is 7. The SMILES string of the molecule is C=Cc1c2[n-]c(c1C)/C=C1/[N-]/C(=C3\C4=C(C(=O)[C@@H]3C(=O)OC)C(C)=C(/C=c3\[n-]/c(c(C)c3CC)=C\2)[NH+]4[NH-])[C@@H](CCC(=O)OC/C=C(\C)CCC[C@H](C)CCC[C@H](C)CCCC(C)C)[C@@H]1C.[Mg+2]. The van der Waals surface area contributed by atoms with Crippen LogP contribution in [0.25, 0.3) is 35.5 Å². The number of aromatic nitrogens is 2. The van der Waals surface area contributed by atoms with Gasteiger partial charge in [0.05, 0.1) is 12.7 Å². The van der Waals surface area contributed by atoms with E-state index in [0.717, 1.165) is 75.4 Å². The van der Waals surface area contributed by atoms with E-state index in [-0.39, 0.29) is 58.9 Å². The second-order valence-corrected chi connectivity index (χ2v) is 19.7. The van der Waals surface area contributed by atoms with Crippen molar-refractivity contribution in [2.75, 3.05) is 13.7 Å². The molecular formula is C55H74MgN5O5-. The van der Waals surface area contributed by atoms with Gasteiger partial charge in [0.25, 0.3) is 0 Å². The molecular weight excluding hydrogens is 835 g/mol. The molecule has 6 atom stereocenters. The quantitative estimate of drug-likeness (QED) is 0.0605. The van der Waals surface area contributed by atoms with Gasteiger partial charge in [0.2, 0.25) is 0 Å². The van der Waals surface area contributed by atoms with Crippen LogP contribution in [0.2, 0.25) is 0 Å². The zero-order chi connectivity index (χ0) is 47.3. The Kier molecular flexibility index (Phi) is 18.6. The molecule has 10 nitrogen and oxygen atoms in total. The summed E-state index contributed by atoms with van der Waals surface area (Å²) in [5.41, 5.74) is 10.2. The van der Waals surface area contributed by atoms with Crippen LogP contribution >= 0.6 is 0 Å². The molecule has 8 bridgehead atoms. The van der Waals surface area contributed by atoms with Gasteiger partial charge in [-0.2, -0.15) is 5.70 Å². The number of ether oxygens (including phenoxy) is 2. The molecule has 6 rings (SSSR count). The molecule has 0 radical (unpaired) electrons. The first-order chi connectivity index (χ1) is 31.0. The van der Waals surface area contributed by atoms with E-state index in [1.165, 1.54) is 57.6 Å². The van der Waals surface area contributed by atoms with Gasteiger partial charge in [0.1, 0.15) is 23.9 Å². The normalized spacial score (nSPS) is 24.0. The van der Waals surface area contributed by atoms with E-state index in [4.69, 9.17) is 24.8 Å². The molecule has 3 aliphatic heterocycles. The molecule has 1 saturated heterocycles. The van der Waals surface area contributed by atoms with Crippen LogP contribution in [0.15, 0.2) is 57.7 Å². The van der Waals surface area contributed by atoms with Gasteiger partial charge >= 0.3 is 35.0 Å². The van der Waals surface area contributed by atoms with Crippen molar-refractivity contribution in [3.8, 4) is 0 Å². The zero-order valence-corrected chi connectivity index (χ0v) is 43.3. The van der Waals surface area contributed by atoms with Gasteiger partial charge in [-0.15, -0.1) is 27.8 Å². The first kappa shape index (κ1) is 52.8. The largest absolute Gasteiger partial charge is 2.00 e. The minimum Gasteiger partial charge on any atom is -0.664 e. The Morgan fingerprint density at radius 3 is 2.21 bits per heavy atom.